The van der Waals surface area contributed by atoms with Gasteiger partial charge in [-0.3, -0.25) is 0 Å². The highest BCUT2D eigenvalue weighted by molar-refractivity contribution is 5.42. The van der Waals surface area contributed by atoms with Gasteiger partial charge in [-0.25, -0.2) is 8.78 Å². The van der Waals surface area contributed by atoms with E-state index in [-0.39, 0.29) is 17.2 Å². The third-order valence-corrected chi connectivity index (χ3v) is 1.95. The van der Waals surface area contributed by atoms with E-state index in [4.69, 9.17) is 4.74 Å². The molecule has 0 spiro atoms. The summed E-state index contributed by atoms with van der Waals surface area (Å²) in [7, 11) is 0. The molecule has 16 heavy (non-hydrogen) atoms. The van der Waals surface area contributed by atoms with Gasteiger partial charge in [-0.05, 0) is 24.3 Å². The maximum absolute atomic E-state index is 12.9. The predicted octanol–water partition coefficient (Wildman–Crippen LogP) is 3.46. The highest BCUT2D eigenvalue weighted by Gasteiger charge is 2.05. The first-order chi connectivity index (χ1) is 7.65. The van der Waals surface area contributed by atoms with Crippen LogP contribution in [0, 0.1) is 11.6 Å². The van der Waals surface area contributed by atoms with Crippen LogP contribution in [0.4, 0.5) is 8.78 Å². The molecule has 2 aromatic rings. The van der Waals surface area contributed by atoms with Gasteiger partial charge >= 0.3 is 0 Å². The van der Waals surface area contributed by atoms with Gasteiger partial charge in [-0.1, -0.05) is 6.07 Å². The molecule has 1 N–H and O–H groups in total. The predicted molar refractivity (Wildman–Crippen MR) is 54.5 cm³/mol. The topological polar surface area (TPSA) is 29.5 Å². The van der Waals surface area contributed by atoms with E-state index >= 15 is 0 Å². The van der Waals surface area contributed by atoms with Crippen LogP contribution < -0.4 is 4.74 Å². The molecule has 4 heteroatoms. The number of hydrogen-bond donors (Lipinski definition) is 1. The first-order valence-corrected chi connectivity index (χ1v) is 4.57. The summed E-state index contributed by atoms with van der Waals surface area (Å²) < 4.78 is 30.8. The molecule has 0 aliphatic heterocycles. The van der Waals surface area contributed by atoms with Crippen LogP contribution in [0.3, 0.4) is 0 Å². The lowest BCUT2D eigenvalue weighted by atomic mass is 10.3. The molecule has 0 heterocycles. The SMILES string of the molecule is Oc1ccc(F)cc1Oc1cccc(F)c1. The van der Waals surface area contributed by atoms with Gasteiger partial charge < -0.3 is 9.84 Å². The molecule has 0 amide bonds. The van der Waals surface area contributed by atoms with Crippen molar-refractivity contribution in [2.24, 2.45) is 0 Å². The summed E-state index contributed by atoms with van der Waals surface area (Å²) in [6, 6.07) is 8.68. The van der Waals surface area contributed by atoms with Crippen molar-refractivity contribution in [3.05, 3.63) is 54.1 Å². The van der Waals surface area contributed by atoms with Crippen LogP contribution >= 0.6 is 0 Å². The average molecular weight is 222 g/mol. The van der Waals surface area contributed by atoms with Gasteiger partial charge in [-0.15, -0.1) is 0 Å². The molecule has 0 radical (unpaired) electrons. The van der Waals surface area contributed by atoms with E-state index < -0.39 is 11.6 Å². The van der Waals surface area contributed by atoms with Crippen LogP contribution in [0.1, 0.15) is 0 Å². The van der Waals surface area contributed by atoms with E-state index in [0.29, 0.717) is 0 Å². The molecule has 0 saturated carbocycles. The Balaban J connectivity index is 2.30. The van der Waals surface area contributed by atoms with E-state index in [1.54, 1.807) is 0 Å². The second-order valence-corrected chi connectivity index (χ2v) is 3.17. The number of phenolic OH excluding ortho intramolecular Hbond substituents is 1. The Morgan fingerprint density at radius 2 is 1.69 bits per heavy atom. The third-order valence-electron chi connectivity index (χ3n) is 1.95. The van der Waals surface area contributed by atoms with Gasteiger partial charge in [0.15, 0.2) is 11.5 Å². The highest BCUT2D eigenvalue weighted by Crippen LogP contribution is 2.31. The maximum atomic E-state index is 12.9. The number of halogens is 2. The molecule has 0 aromatic heterocycles. The van der Waals surface area contributed by atoms with Gasteiger partial charge in [0.25, 0.3) is 0 Å². The second-order valence-electron chi connectivity index (χ2n) is 3.17. The number of rotatable bonds is 2. The van der Waals surface area contributed by atoms with Gasteiger partial charge in [0.2, 0.25) is 0 Å². The zero-order valence-electron chi connectivity index (χ0n) is 8.15. The molecular weight excluding hydrogens is 214 g/mol. The fraction of sp³-hybridized carbons (Fsp3) is 0. The van der Waals surface area contributed by atoms with Crippen molar-refractivity contribution in [1.29, 1.82) is 0 Å². The molecule has 2 rings (SSSR count). The molecule has 2 nitrogen and oxygen atoms in total. The molecule has 0 bridgehead atoms. The van der Waals surface area contributed by atoms with E-state index in [0.717, 1.165) is 18.2 Å². The van der Waals surface area contributed by atoms with E-state index in [9.17, 15) is 13.9 Å². The standard InChI is InChI=1S/C12H8F2O2/c13-8-2-1-3-10(6-8)16-12-7-9(14)4-5-11(12)15/h1-7,15H. The van der Waals surface area contributed by atoms with Crippen molar-refractivity contribution in [3.8, 4) is 17.2 Å². The van der Waals surface area contributed by atoms with Crippen molar-refractivity contribution in [3.63, 3.8) is 0 Å². The Kier molecular flexibility index (Phi) is 2.72. The summed E-state index contributed by atoms with van der Waals surface area (Å²) >= 11 is 0. The summed E-state index contributed by atoms with van der Waals surface area (Å²) in [5.74, 6) is -1.06. The van der Waals surface area contributed by atoms with E-state index in [1.165, 1.54) is 24.3 Å². The van der Waals surface area contributed by atoms with Crippen molar-refractivity contribution in [2.75, 3.05) is 0 Å². The van der Waals surface area contributed by atoms with Gasteiger partial charge in [0.05, 0.1) is 0 Å². The number of aromatic hydroxyl groups is 1. The smallest absolute Gasteiger partial charge is 0.171 e. The molecule has 0 atom stereocenters. The normalized spacial score (nSPS) is 10.1. The summed E-state index contributed by atoms with van der Waals surface area (Å²) in [6.07, 6.45) is 0. The Bertz CT molecular complexity index is 512. The zero-order valence-corrected chi connectivity index (χ0v) is 8.15. The van der Waals surface area contributed by atoms with Crippen LogP contribution in [0.15, 0.2) is 42.5 Å². The highest BCUT2D eigenvalue weighted by atomic mass is 19.1. The summed E-state index contributed by atoms with van der Waals surface area (Å²) in [5, 5.41) is 9.38. The monoisotopic (exact) mass is 222 g/mol. The Labute approximate surface area is 90.7 Å². The molecule has 2 aromatic carbocycles. The molecule has 82 valence electrons. The van der Waals surface area contributed by atoms with E-state index in [1.807, 2.05) is 0 Å². The van der Waals surface area contributed by atoms with Crippen LogP contribution in [0.5, 0.6) is 17.2 Å². The third kappa shape index (κ3) is 2.28. The largest absolute Gasteiger partial charge is 0.504 e. The summed E-state index contributed by atoms with van der Waals surface area (Å²) in [4.78, 5) is 0. The van der Waals surface area contributed by atoms with Gasteiger partial charge in [0, 0.05) is 12.1 Å². The zero-order chi connectivity index (χ0) is 11.5. The van der Waals surface area contributed by atoms with Gasteiger partial charge in [-0.2, -0.15) is 0 Å². The van der Waals surface area contributed by atoms with Crippen molar-refractivity contribution in [2.45, 2.75) is 0 Å². The molecule has 0 fully saturated rings. The Morgan fingerprint density at radius 3 is 2.44 bits per heavy atom. The maximum Gasteiger partial charge on any atom is 0.171 e. The van der Waals surface area contributed by atoms with Gasteiger partial charge in [0.1, 0.15) is 17.4 Å². The molecule has 0 aliphatic rings. The average Bonchev–Trinajstić information content (AvgIpc) is 2.24. The number of benzene rings is 2. The van der Waals surface area contributed by atoms with Crippen molar-refractivity contribution < 1.29 is 18.6 Å². The molecule has 0 aliphatic carbocycles. The minimum Gasteiger partial charge on any atom is -0.504 e. The summed E-state index contributed by atoms with van der Waals surface area (Å²) in [5.41, 5.74) is 0. The minimum atomic E-state index is -0.538. The lowest BCUT2D eigenvalue weighted by molar-refractivity contribution is 0.406. The Hall–Kier alpha value is -2.10. The first-order valence-electron chi connectivity index (χ1n) is 4.57. The molecular formula is C12H8F2O2. The van der Waals surface area contributed by atoms with Crippen molar-refractivity contribution >= 4 is 0 Å². The first kappa shape index (κ1) is 10.4. The number of hydrogen-bond acceptors (Lipinski definition) is 2. The second kappa shape index (κ2) is 4.18. The van der Waals surface area contributed by atoms with E-state index in [2.05, 4.69) is 0 Å². The Morgan fingerprint density at radius 1 is 0.938 bits per heavy atom. The lowest BCUT2D eigenvalue weighted by Gasteiger charge is -2.07. The number of phenols is 1. The lowest BCUT2D eigenvalue weighted by Crippen LogP contribution is -1.86. The van der Waals surface area contributed by atoms with Crippen LogP contribution in [0.25, 0.3) is 0 Å². The summed E-state index contributed by atoms with van der Waals surface area (Å²) in [6.45, 7) is 0. The number of ether oxygens (including phenoxy) is 1. The van der Waals surface area contributed by atoms with Crippen LogP contribution in [-0.2, 0) is 0 Å². The quantitative estimate of drug-likeness (QED) is 0.843. The molecule has 0 unspecified atom stereocenters. The molecule has 0 saturated heterocycles. The van der Waals surface area contributed by atoms with Crippen LogP contribution in [0.2, 0.25) is 0 Å². The van der Waals surface area contributed by atoms with Crippen molar-refractivity contribution in [1.82, 2.24) is 0 Å². The van der Waals surface area contributed by atoms with Crippen LogP contribution in [-0.4, -0.2) is 5.11 Å². The minimum absolute atomic E-state index is 0.0504. The fourth-order valence-electron chi connectivity index (χ4n) is 1.23. The fourth-order valence-corrected chi connectivity index (χ4v) is 1.23.